The van der Waals surface area contributed by atoms with Gasteiger partial charge in [0.05, 0.1) is 24.1 Å². The summed E-state index contributed by atoms with van der Waals surface area (Å²) in [7, 11) is 1.48. The van der Waals surface area contributed by atoms with Crippen molar-refractivity contribution in [3.63, 3.8) is 0 Å². The topological polar surface area (TPSA) is 62.1 Å². The lowest BCUT2D eigenvalue weighted by molar-refractivity contribution is -0.114. The first kappa shape index (κ1) is 14.8. The number of carbonyl (C=O) groups excluding carboxylic acids is 1. The molecule has 23 heavy (non-hydrogen) atoms. The molecule has 5 nitrogen and oxygen atoms in total. The van der Waals surface area contributed by atoms with E-state index in [1.807, 2.05) is 30.3 Å². The molecular weight excluding hydrogens is 292 g/mol. The summed E-state index contributed by atoms with van der Waals surface area (Å²) >= 11 is 0. The summed E-state index contributed by atoms with van der Waals surface area (Å²) in [5, 5.41) is 15.4. The third-order valence-electron chi connectivity index (χ3n) is 3.58. The van der Waals surface area contributed by atoms with Gasteiger partial charge in [0.1, 0.15) is 0 Å². The van der Waals surface area contributed by atoms with E-state index in [1.54, 1.807) is 25.1 Å². The van der Waals surface area contributed by atoms with Gasteiger partial charge in [-0.05, 0) is 42.8 Å². The molecule has 3 rings (SSSR count). The largest absolute Gasteiger partial charge is 0.504 e. The van der Waals surface area contributed by atoms with Gasteiger partial charge >= 0.3 is 0 Å². The lowest BCUT2D eigenvalue weighted by Gasteiger charge is -2.11. The molecule has 5 heteroatoms. The smallest absolute Gasteiger partial charge is 0.280 e. The molecular formula is C18H16N2O3. The number of methoxy groups -OCH3 is 1. The Bertz CT molecular complexity index is 810. The molecule has 0 atom stereocenters. The quantitative estimate of drug-likeness (QED) is 0.886. The highest BCUT2D eigenvalue weighted by Crippen LogP contribution is 2.29. The number of para-hydroxylation sites is 1. The van der Waals surface area contributed by atoms with Crippen molar-refractivity contribution in [1.82, 2.24) is 0 Å². The van der Waals surface area contributed by atoms with E-state index in [9.17, 15) is 9.90 Å². The average Bonchev–Trinajstić information content (AvgIpc) is 2.85. The lowest BCUT2D eigenvalue weighted by Crippen LogP contribution is -2.21. The molecule has 0 radical (unpaired) electrons. The van der Waals surface area contributed by atoms with Crippen LogP contribution < -0.4 is 9.75 Å². The summed E-state index contributed by atoms with van der Waals surface area (Å²) in [5.41, 5.74) is 2.64. The molecule has 0 bridgehead atoms. The van der Waals surface area contributed by atoms with Crippen LogP contribution in [0.2, 0.25) is 0 Å². The predicted molar refractivity (Wildman–Crippen MR) is 89.7 cm³/mol. The number of nitrogens with zero attached hydrogens (tertiary/aromatic N) is 2. The maximum absolute atomic E-state index is 12.6. The van der Waals surface area contributed by atoms with E-state index >= 15 is 0 Å². The molecule has 0 aliphatic carbocycles. The van der Waals surface area contributed by atoms with Gasteiger partial charge in [-0.1, -0.05) is 24.3 Å². The molecule has 0 unspecified atom stereocenters. The van der Waals surface area contributed by atoms with E-state index in [1.165, 1.54) is 18.2 Å². The number of ether oxygens (including phenoxy) is 1. The van der Waals surface area contributed by atoms with Gasteiger partial charge in [0.15, 0.2) is 11.5 Å². The van der Waals surface area contributed by atoms with Crippen LogP contribution in [0.5, 0.6) is 11.5 Å². The molecule has 1 heterocycles. The first-order valence-electron chi connectivity index (χ1n) is 7.14. The highest BCUT2D eigenvalue weighted by atomic mass is 16.5. The maximum atomic E-state index is 12.6. The number of hydrogen-bond donors (Lipinski definition) is 1. The average molecular weight is 308 g/mol. The number of hydrazone groups is 1. The van der Waals surface area contributed by atoms with Crippen LogP contribution in [0.15, 0.2) is 59.2 Å². The molecule has 0 aromatic heterocycles. The second kappa shape index (κ2) is 5.96. The Kier molecular flexibility index (Phi) is 3.85. The minimum atomic E-state index is -0.180. The van der Waals surface area contributed by atoms with Gasteiger partial charge in [-0.3, -0.25) is 4.79 Å². The summed E-state index contributed by atoms with van der Waals surface area (Å²) in [6.45, 7) is 1.80. The van der Waals surface area contributed by atoms with E-state index in [0.717, 1.165) is 11.3 Å². The van der Waals surface area contributed by atoms with Gasteiger partial charge in [0.2, 0.25) is 0 Å². The summed E-state index contributed by atoms with van der Waals surface area (Å²) in [5.74, 6) is 0.240. The number of amides is 1. The molecule has 1 aliphatic rings. The van der Waals surface area contributed by atoms with Gasteiger partial charge in [-0.15, -0.1) is 0 Å². The maximum Gasteiger partial charge on any atom is 0.280 e. The van der Waals surface area contributed by atoms with Crippen molar-refractivity contribution in [2.24, 2.45) is 5.10 Å². The van der Waals surface area contributed by atoms with Crippen molar-refractivity contribution >= 4 is 23.4 Å². The normalized spacial score (nSPS) is 15.9. The molecule has 1 N–H and O–H groups in total. The fourth-order valence-corrected chi connectivity index (χ4v) is 2.38. The van der Waals surface area contributed by atoms with Crippen molar-refractivity contribution in [2.45, 2.75) is 6.92 Å². The Labute approximate surface area is 134 Å². The minimum absolute atomic E-state index is 0.0590. The first-order chi connectivity index (χ1) is 11.1. The SMILES string of the molecule is COc1cc(C=C2C(=O)N(c3ccccc3)N=C2C)ccc1O. The van der Waals surface area contributed by atoms with Gasteiger partial charge in [0, 0.05) is 0 Å². The minimum Gasteiger partial charge on any atom is -0.504 e. The number of phenols is 1. The summed E-state index contributed by atoms with van der Waals surface area (Å²) in [6.07, 6.45) is 1.74. The monoisotopic (exact) mass is 308 g/mol. The van der Waals surface area contributed by atoms with Gasteiger partial charge in [0.25, 0.3) is 5.91 Å². The van der Waals surface area contributed by atoms with Crippen molar-refractivity contribution in [3.05, 3.63) is 59.7 Å². The molecule has 1 amide bonds. The molecule has 116 valence electrons. The Balaban J connectivity index is 1.95. The number of aromatic hydroxyl groups is 1. The number of anilines is 1. The van der Waals surface area contributed by atoms with E-state index in [0.29, 0.717) is 17.0 Å². The van der Waals surface area contributed by atoms with E-state index in [-0.39, 0.29) is 11.7 Å². The zero-order chi connectivity index (χ0) is 16.4. The van der Waals surface area contributed by atoms with Crippen LogP contribution in [-0.2, 0) is 4.79 Å². The van der Waals surface area contributed by atoms with Crippen LogP contribution in [0.25, 0.3) is 6.08 Å². The Hall–Kier alpha value is -3.08. The number of carbonyl (C=O) groups is 1. The van der Waals surface area contributed by atoms with Crippen molar-refractivity contribution in [1.29, 1.82) is 0 Å². The number of rotatable bonds is 3. The van der Waals surface area contributed by atoms with Crippen molar-refractivity contribution < 1.29 is 14.6 Å². The Morgan fingerprint density at radius 3 is 2.61 bits per heavy atom. The summed E-state index contributed by atoms with van der Waals surface area (Å²) in [4.78, 5) is 12.6. The number of phenolic OH excluding ortho intramolecular Hbond substituents is 1. The highest BCUT2D eigenvalue weighted by Gasteiger charge is 2.28. The van der Waals surface area contributed by atoms with Crippen LogP contribution in [0.4, 0.5) is 5.69 Å². The third kappa shape index (κ3) is 2.81. The second-order valence-corrected chi connectivity index (χ2v) is 5.13. The summed E-state index contributed by atoms with van der Waals surface area (Å²) in [6, 6.07) is 14.2. The van der Waals surface area contributed by atoms with E-state index in [4.69, 9.17) is 4.74 Å². The predicted octanol–water partition coefficient (Wildman–Crippen LogP) is 3.21. The first-order valence-corrected chi connectivity index (χ1v) is 7.14. The third-order valence-corrected chi connectivity index (χ3v) is 3.58. The molecule has 0 saturated heterocycles. The van der Waals surface area contributed by atoms with Crippen LogP contribution >= 0.6 is 0 Å². The van der Waals surface area contributed by atoms with Gasteiger partial charge < -0.3 is 9.84 Å². The second-order valence-electron chi connectivity index (χ2n) is 5.13. The van der Waals surface area contributed by atoms with E-state index in [2.05, 4.69) is 5.10 Å². The van der Waals surface area contributed by atoms with Crippen LogP contribution in [0.1, 0.15) is 12.5 Å². The molecule has 2 aromatic carbocycles. The molecule has 0 saturated carbocycles. The van der Waals surface area contributed by atoms with E-state index < -0.39 is 0 Å². The molecule has 2 aromatic rings. The van der Waals surface area contributed by atoms with Crippen molar-refractivity contribution in [2.75, 3.05) is 12.1 Å². The summed E-state index contributed by atoms with van der Waals surface area (Å²) < 4.78 is 5.09. The van der Waals surface area contributed by atoms with Gasteiger partial charge in [-0.25, -0.2) is 0 Å². The van der Waals surface area contributed by atoms with Gasteiger partial charge in [-0.2, -0.15) is 10.1 Å². The molecule has 0 spiro atoms. The fraction of sp³-hybridized carbons (Fsp3) is 0.111. The zero-order valence-corrected chi connectivity index (χ0v) is 12.9. The number of benzene rings is 2. The Morgan fingerprint density at radius 2 is 1.91 bits per heavy atom. The standard InChI is InChI=1S/C18H16N2O3/c1-12-15(10-13-8-9-16(21)17(11-13)23-2)18(22)20(19-12)14-6-4-3-5-7-14/h3-11,21H,1-2H3. The van der Waals surface area contributed by atoms with Crippen LogP contribution in [0, 0.1) is 0 Å². The molecule has 1 aliphatic heterocycles. The zero-order valence-electron chi connectivity index (χ0n) is 12.9. The van der Waals surface area contributed by atoms with Crippen LogP contribution in [-0.4, -0.2) is 23.8 Å². The highest BCUT2D eigenvalue weighted by molar-refractivity contribution is 6.32. The molecule has 0 fully saturated rings. The Morgan fingerprint density at radius 1 is 1.17 bits per heavy atom. The van der Waals surface area contributed by atoms with Crippen LogP contribution in [0.3, 0.4) is 0 Å². The number of hydrogen-bond acceptors (Lipinski definition) is 4. The fourth-order valence-electron chi connectivity index (χ4n) is 2.38. The lowest BCUT2D eigenvalue weighted by atomic mass is 10.1. The van der Waals surface area contributed by atoms with Crippen molar-refractivity contribution in [3.8, 4) is 11.5 Å².